The second kappa shape index (κ2) is 4.23. The van der Waals surface area contributed by atoms with Crippen LogP contribution in [0.15, 0.2) is 6.20 Å². The highest BCUT2D eigenvalue weighted by molar-refractivity contribution is 6.33. The minimum atomic E-state index is -0.615. The molecule has 1 heterocycles. The maximum absolute atomic E-state index is 12.0. The number of nitrogens with zero attached hydrogens (tertiary/aromatic N) is 2. The number of ether oxygens (including phenoxy) is 1. The molecule has 0 unspecified atom stereocenters. The van der Waals surface area contributed by atoms with Crippen molar-refractivity contribution in [3.63, 3.8) is 0 Å². The van der Waals surface area contributed by atoms with Gasteiger partial charge in [0.05, 0.1) is 24.9 Å². The summed E-state index contributed by atoms with van der Waals surface area (Å²) >= 11 is 5.65. The lowest BCUT2D eigenvalue weighted by Gasteiger charge is -2.02. The first kappa shape index (κ1) is 9.98. The van der Waals surface area contributed by atoms with Crippen LogP contribution in [0.1, 0.15) is 10.5 Å². The van der Waals surface area contributed by atoms with Gasteiger partial charge in [-0.15, -0.1) is 0 Å². The molecule has 0 aromatic carbocycles. The Labute approximate surface area is 79.2 Å². The number of alkyl halides is 1. The zero-order valence-corrected chi connectivity index (χ0v) is 7.71. The molecule has 0 bridgehead atoms. The maximum atomic E-state index is 12.0. The second-order valence-electron chi connectivity index (χ2n) is 2.24. The van der Waals surface area contributed by atoms with Crippen LogP contribution < -0.4 is 0 Å². The molecule has 1 aromatic heterocycles. The normalized spacial score (nSPS) is 10.1. The zero-order valence-electron chi connectivity index (χ0n) is 6.96. The number of hydrogen-bond donors (Lipinski definition) is 0. The van der Waals surface area contributed by atoms with Crippen LogP contribution in [-0.2, 0) is 11.3 Å². The molecule has 0 aliphatic rings. The van der Waals surface area contributed by atoms with E-state index < -0.39 is 12.6 Å². The Morgan fingerprint density at radius 3 is 3.08 bits per heavy atom. The number of hydrogen-bond acceptors (Lipinski definition) is 3. The van der Waals surface area contributed by atoms with Gasteiger partial charge in [-0.05, 0) is 0 Å². The lowest BCUT2D eigenvalue weighted by atomic mass is 10.4. The molecule has 1 rings (SSSR count). The first-order valence-electron chi connectivity index (χ1n) is 3.56. The number of methoxy groups -OCH3 is 1. The number of halogens is 2. The van der Waals surface area contributed by atoms with E-state index in [-0.39, 0.29) is 17.3 Å². The van der Waals surface area contributed by atoms with Crippen molar-refractivity contribution >= 4 is 17.6 Å². The summed E-state index contributed by atoms with van der Waals surface area (Å²) in [5.74, 6) is -0.615. The van der Waals surface area contributed by atoms with Crippen LogP contribution in [0.2, 0.25) is 5.02 Å². The summed E-state index contributed by atoms with van der Waals surface area (Å²) in [5.41, 5.74) is 0.0850. The van der Waals surface area contributed by atoms with Crippen molar-refractivity contribution in [1.29, 1.82) is 0 Å². The Morgan fingerprint density at radius 1 is 1.85 bits per heavy atom. The van der Waals surface area contributed by atoms with E-state index in [4.69, 9.17) is 11.6 Å². The monoisotopic (exact) mass is 206 g/mol. The Bertz CT molecular complexity index is 313. The number of aryl methyl sites for hydroxylation is 1. The van der Waals surface area contributed by atoms with Gasteiger partial charge in [-0.1, -0.05) is 11.6 Å². The summed E-state index contributed by atoms with van der Waals surface area (Å²) in [4.78, 5) is 11.1. The van der Waals surface area contributed by atoms with Gasteiger partial charge in [-0.3, -0.25) is 4.68 Å². The van der Waals surface area contributed by atoms with Crippen LogP contribution in [-0.4, -0.2) is 29.5 Å². The van der Waals surface area contributed by atoms with Crippen molar-refractivity contribution in [2.75, 3.05) is 13.8 Å². The summed E-state index contributed by atoms with van der Waals surface area (Å²) in [6.45, 7) is -0.612. The van der Waals surface area contributed by atoms with Crippen molar-refractivity contribution < 1.29 is 13.9 Å². The minimum Gasteiger partial charge on any atom is -0.464 e. The number of carbonyl (C=O) groups excluding carboxylic acids is 1. The highest BCUT2D eigenvalue weighted by Crippen LogP contribution is 2.15. The zero-order chi connectivity index (χ0) is 9.84. The van der Waals surface area contributed by atoms with E-state index in [0.717, 1.165) is 0 Å². The molecule has 4 nitrogen and oxygen atoms in total. The van der Waals surface area contributed by atoms with Gasteiger partial charge in [-0.2, -0.15) is 5.10 Å². The molecule has 0 radical (unpaired) electrons. The lowest BCUT2D eigenvalue weighted by molar-refractivity contribution is 0.0586. The quantitative estimate of drug-likeness (QED) is 0.700. The van der Waals surface area contributed by atoms with Crippen LogP contribution in [0.5, 0.6) is 0 Å². The molecule has 0 atom stereocenters. The SMILES string of the molecule is COC(=O)c1c(Cl)cnn1CCF. The molecule has 0 amide bonds. The van der Waals surface area contributed by atoms with Gasteiger partial charge >= 0.3 is 5.97 Å². The standard InChI is InChI=1S/C7H8ClFN2O2/c1-13-7(12)6-5(8)4-10-11(6)3-2-9/h4H,2-3H2,1H3. The molecule has 0 saturated carbocycles. The van der Waals surface area contributed by atoms with Crippen molar-refractivity contribution in [3.8, 4) is 0 Å². The molecular formula is C7H8ClFN2O2. The molecule has 1 aromatic rings. The largest absolute Gasteiger partial charge is 0.464 e. The molecule has 0 aliphatic heterocycles. The molecule has 0 fully saturated rings. The Kier molecular flexibility index (Phi) is 3.25. The van der Waals surface area contributed by atoms with Crippen LogP contribution in [0.25, 0.3) is 0 Å². The summed E-state index contributed by atoms with van der Waals surface area (Å²) in [6, 6.07) is 0. The van der Waals surface area contributed by atoms with Crippen molar-refractivity contribution in [2.24, 2.45) is 0 Å². The van der Waals surface area contributed by atoms with Crippen molar-refractivity contribution in [3.05, 3.63) is 16.9 Å². The smallest absolute Gasteiger partial charge is 0.357 e. The predicted octanol–water partition coefficient (Wildman–Crippen LogP) is 1.29. The van der Waals surface area contributed by atoms with E-state index in [0.29, 0.717) is 0 Å². The highest BCUT2D eigenvalue weighted by Gasteiger charge is 2.17. The number of esters is 1. The predicted molar refractivity (Wildman–Crippen MR) is 44.6 cm³/mol. The molecule has 6 heteroatoms. The van der Waals surface area contributed by atoms with Gasteiger partial charge < -0.3 is 4.74 Å². The molecule has 0 N–H and O–H groups in total. The Hall–Kier alpha value is -1.10. The number of carbonyl (C=O) groups is 1. The minimum absolute atomic E-state index is 0.00282. The Morgan fingerprint density at radius 2 is 2.54 bits per heavy atom. The van der Waals surface area contributed by atoms with Crippen LogP contribution in [0, 0.1) is 0 Å². The van der Waals surface area contributed by atoms with Crippen LogP contribution in [0.3, 0.4) is 0 Å². The van der Waals surface area contributed by atoms with Crippen LogP contribution >= 0.6 is 11.6 Å². The van der Waals surface area contributed by atoms with Gasteiger partial charge in [0.2, 0.25) is 0 Å². The third-order valence-electron chi connectivity index (χ3n) is 1.47. The fraction of sp³-hybridized carbons (Fsp3) is 0.429. The molecule has 13 heavy (non-hydrogen) atoms. The highest BCUT2D eigenvalue weighted by atomic mass is 35.5. The summed E-state index contributed by atoms with van der Waals surface area (Å²) < 4.78 is 17.6. The van der Waals surface area contributed by atoms with Gasteiger partial charge in [0, 0.05) is 0 Å². The van der Waals surface area contributed by atoms with Crippen molar-refractivity contribution in [2.45, 2.75) is 6.54 Å². The van der Waals surface area contributed by atoms with Crippen LogP contribution in [0.4, 0.5) is 4.39 Å². The molecule has 0 aliphatic carbocycles. The summed E-state index contributed by atoms with van der Waals surface area (Å²) in [7, 11) is 1.23. The third kappa shape index (κ3) is 1.98. The van der Waals surface area contributed by atoms with Crippen molar-refractivity contribution in [1.82, 2.24) is 9.78 Å². The first-order chi connectivity index (χ1) is 6.20. The summed E-state index contributed by atoms with van der Waals surface area (Å²) in [5, 5.41) is 3.89. The molecule has 0 spiro atoms. The van der Waals surface area contributed by atoms with Gasteiger partial charge in [0.25, 0.3) is 0 Å². The summed E-state index contributed by atoms with van der Waals surface area (Å²) in [6.07, 6.45) is 1.28. The third-order valence-corrected chi connectivity index (χ3v) is 1.75. The number of rotatable bonds is 3. The second-order valence-corrected chi connectivity index (χ2v) is 2.65. The van der Waals surface area contributed by atoms with Gasteiger partial charge in [-0.25, -0.2) is 9.18 Å². The first-order valence-corrected chi connectivity index (χ1v) is 3.94. The van der Waals surface area contributed by atoms with E-state index in [2.05, 4.69) is 9.84 Å². The maximum Gasteiger partial charge on any atom is 0.357 e. The van der Waals surface area contributed by atoms with Gasteiger partial charge in [0.15, 0.2) is 5.69 Å². The van der Waals surface area contributed by atoms with E-state index in [1.54, 1.807) is 0 Å². The average Bonchev–Trinajstić information content (AvgIpc) is 2.47. The van der Waals surface area contributed by atoms with E-state index in [1.165, 1.54) is 18.0 Å². The number of aromatic nitrogens is 2. The fourth-order valence-corrected chi connectivity index (χ4v) is 1.13. The van der Waals surface area contributed by atoms with E-state index in [9.17, 15) is 9.18 Å². The molecule has 72 valence electrons. The molecule has 0 saturated heterocycles. The lowest BCUT2D eigenvalue weighted by Crippen LogP contribution is -2.13. The topological polar surface area (TPSA) is 44.1 Å². The fourth-order valence-electron chi connectivity index (χ4n) is 0.912. The van der Waals surface area contributed by atoms with E-state index in [1.807, 2.05) is 0 Å². The molecular weight excluding hydrogens is 199 g/mol. The van der Waals surface area contributed by atoms with Gasteiger partial charge in [0.1, 0.15) is 6.67 Å². The average molecular weight is 207 g/mol. The van der Waals surface area contributed by atoms with E-state index >= 15 is 0 Å². The Balaban J connectivity index is 3.01.